The SMILES string of the molecule is CC(C)C(=O)N[C@@H]1C(C)(C)[C@@H]2C[C@@H]3[C@@H](CCNC(=O)c4ccc5nc[nH]c5c4)OCCC31C2. The minimum Gasteiger partial charge on any atom is -0.378 e. The monoisotopic (exact) mass is 452 g/mol. The summed E-state index contributed by atoms with van der Waals surface area (Å²) in [5.74, 6) is 1.09. The second-order valence-corrected chi connectivity index (χ2v) is 11.2. The predicted molar refractivity (Wildman–Crippen MR) is 127 cm³/mol. The number of hydrogen-bond acceptors (Lipinski definition) is 4. The summed E-state index contributed by atoms with van der Waals surface area (Å²) in [7, 11) is 0. The Morgan fingerprint density at radius 2 is 2.12 bits per heavy atom. The molecule has 2 bridgehead atoms. The maximum absolute atomic E-state index is 12.7. The quantitative estimate of drug-likeness (QED) is 0.623. The third-order valence-electron chi connectivity index (χ3n) is 8.83. The molecule has 1 aromatic heterocycles. The topological polar surface area (TPSA) is 96.1 Å². The van der Waals surface area contributed by atoms with E-state index in [4.69, 9.17) is 4.74 Å². The molecule has 0 radical (unpaired) electrons. The standard InChI is InChI=1S/C26H36N4O3/c1-15(2)22(31)30-24-25(3,4)17-12-18-21(33-10-8-26(18,24)13-17)7-9-27-23(32)16-5-6-19-20(11-16)29-14-28-19/h5-6,11,14-15,17-18,21,24H,7-10,12-13H2,1-4H3,(H,27,32)(H,28,29)(H,30,31)/t17-,18-,21-,24-,26?/m1/s1. The number of nitrogens with zero attached hydrogens (tertiary/aromatic N) is 1. The molecule has 2 aromatic rings. The van der Waals surface area contributed by atoms with E-state index in [1.165, 1.54) is 6.42 Å². The first kappa shape index (κ1) is 22.4. The summed E-state index contributed by atoms with van der Waals surface area (Å²) in [5.41, 5.74) is 2.55. The first-order valence-electron chi connectivity index (χ1n) is 12.4. The molecular weight excluding hydrogens is 416 g/mol. The number of aromatic amines is 1. The van der Waals surface area contributed by atoms with Gasteiger partial charge in [0.25, 0.3) is 5.91 Å². The molecule has 3 N–H and O–H groups in total. The molecule has 1 aliphatic heterocycles. The van der Waals surface area contributed by atoms with Crippen LogP contribution in [0.1, 0.15) is 63.7 Å². The van der Waals surface area contributed by atoms with E-state index >= 15 is 0 Å². The fourth-order valence-electron chi connectivity index (χ4n) is 7.01. The third kappa shape index (κ3) is 3.65. The fraction of sp³-hybridized carbons (Fsp3) is 0.654. The molecule has 178 valence electrons. The van der Waals surface area contributed by atoms with Crippen molar-refractivity contribution in [3.8, 4) is 0 Å². The molecule has 5 atom stereocenters. The lowest BCUT2D eigenvalue weighted by Crippen LogP contribution is -2.60. The Balaban J connectivity index is 1.25. The van der Waals surface area contributed by atoms with Gasteiger partial charge in [-0.3, -0.25) is 9.59 Å². The average molecular weight is 453 g/mol. The van der Waals surface area contributed by atoms with Gasteiger partial charge in [-0.05, 0) is 66.5 Å². The molecule has 2 saturated carbocycles. The van der Waals surface area contributed by atoms with Crippen LogP contribution in [0.15, 0.2) is 24.5 Å². The maximum Gasteiger partial charge on any atom is 0.251 e. The van der Waals surface area contributed by atoms with Crippen molar-refractivity contribution in [3.05, 3.63) is 30.1 Å². The van der Waals surface area contributed by atoms with Gasteiger partial charge in [-0.15, -0.1) is 0 Å². The van der Waals surface area contributed by atoms with Crippen LogP contribution in [0, 0.1) is 28.6 Å². The zero-order valence-corrected chi connectivity index (χ0v) is 20.1. The van der Waals surface area contributed by atoms with Crippen LogP contribution >= 0.6 is 0 Å². The van der Waals surface area contributed by atoms with E-state index in [9.17, 15) is 9.59 Å². The average Bonchev–Trinajstić information content (AvgIpc) is 3.45. The number of benzene rings is 1. The minimum atomic E-state index is -0.0758. The van der Waals surface area contributed by atoms with Crippen molar-refractivity contribution in [2.24, 2.45) is 28.6 Å². The van der Waals surface area contributed by atoms with Crippen LogP contribution in [0.4, 0.5) is 0 Å². The van der Waals surface area contributed by atoms with Crippen molar-refractivity contribution < 1.29 is 14.3 Å². The lowest BCUT2D eigenvalue weighted by atomic mass is 9.59. The molecule has 5 rings (SSSR count). The number of ether oxygens (including phenoxy) is 1. The summed E-state index contributed by atoms with van der Waals surface area (Å²) < 4.78 is 6.27. The van der Waals surface area contributed by atoms with E-state index in [1.807, 2.05) is 32.0 Å². The molecule has 3 aliphatic rings. The fourth-order valence-corrected chi connectivity index (χ4v) is 7.01. The number of nitrogens with one attached hydrogen (secondary N) is 3. The molecule has 7 heteroatoms. The van der Waals surface area contributed by atoms with E-state index < -0.39 is 0 Å². The number of imidazole rings is 1. The van der Waals surface area contributed by atoms with Crippen LogP contribution in [0.3, 0.4) is 0 Å². The van der Waals surface area contributed by atoms with Crippen molar-refractivity contribution in [2.45, 2.75) is 65.5 Å². The van der Waals surface area contributed by atoms with Crippen molar-refractivity contribution in [1.82, 2.24) is 20.6 Å². The Morgan fingerprint density at radius 3 is 2.91 bits per heavy atom. The number of amides is 2. The van der Waals surface area contributed by atoms with Gasteiger partial charge in [-0.25, -0.2) is 4.98 Å². The van der Waals surface area contributed by atoms with Gasteiger partial charge in [0.2, 0.25) is 5.91 Å². The Morgan fingerprint density at radius 1 is 1.30 bits per heavy atom. The van der Waals surface area contributed by atoms with Gasteiger partial charge >= 0.3 is 0 Å². The van der Waals surface area contributed by atoms with Crippen LogP contribution < -0.4 is 10.6 Å². The smallest absolute Gasteiger partial charge is 0.251 e. The Labute approximate surface area is 195 Å². The number of hydrogen-bond donors (Lipinski definition) is 3. The zero-order chi connectivity index (χ0) is 23.4. The summed E-state index contributed by atoms with van der Waals surface area (Å²) >= 11 is 0. The van der Waals surface area contributed by atoms with Gasteiger partial charge in [-0.2, -0.15) is 0 Å². The Bertz CT molecular complexity index is 1060. The van der Waals surface area contributed by atoms with Gasteiger partial charge in [0.05, 0.1) is 23.5 Å². The molecule has 1 saturated heterocycles. The molecule has 2 heterocycles. The summed E-state index contributed by atoms with van der Waals surface area (Å²) in [5, 5.41) is 6.52. The molecule has 33 heavy (non-hydrogen) atoms. The number of fused-ring (bicyclic) bond motifs is 2. The van der Waals surface area contributed by atoms with E-state index in [0.717, 1.165) is 36.9 Å². The third-order valence-corrected chi connectivity index (χ3v) is 8.83. The molecule has 2 aliphatic carbocycles. The molecule has 2 amide bonds. The van der Waals surface area contributed by atoms with Gasteiger partial charge < -0.3 is 20.4 Å². The summed E-state index contributed by atoms with van der Waals surface area (Å²) in [6, 6.07) is 5.69. The highest BCUT2D eigenvalue weighted by molar-refractivity contribution is 5.97. The summed E-state index contributed by atoms with van der Waals surface area (Å²) in [6.45, 7) is 9.88. The normalized spacial score (nSPS) is 32.2. The highest BCUT2D eigenvalue weighted by Gasteiger charge is 2.68. The minimum absolute atomic E-state index is 0.0124. The van der Waals surface area contributed by atoms with E-state index in [2.05, 4.69) is 34.4 Å². The van der Waals surface area contributed by atoms with Gasteiger partial charge in [0.1, 0.15) is 0 Å². The number of rotatable bonds is 6. The van der Waals surface area contributed by atoms with Crippen molar-refractivity contribution in [1.29, 1.82) is 0 Å². The van der Waals surface area contributed by atoms with Gasteiger partial charge in [0.15, 0.2) is 0 Å². The highest BCUT2D eigenvalue weighted by Crippen LogP contribution is 2.68. The Kier molecular flexibility index (Phi) is 5.51. The van der Waals surface area contributed by atoms with Crippen LogP contribution in [-0.2, 0) is 9.53 Å². The lowest BCUT2D eigenvalue weighted by molar-refractivity contribution is -0.138. The van der Waals surface area contributed by atoms with Crippen molar-refractivity contribution >= 4 is 22.8 Å². The predicted octanol–water partition coefficient (Wildman–Crippen LogP) is 3.66. The summed E-state index contributed by atoms with van der Waals surface area (Å²) in [6.07, 6.45) is 5.88. The van der Waals surface area contributed by atoms with Crippen LogP contribution in [0.5, 0.6) is 0 Å². The molecule has 1 spiro atoms. The van der Waals surface area contributed by atoms with Crippen LogP contribution in [0.25, 0.3) is 11.0 Å². The van der Waals surface area contributed by atoms with E-state index in [-0.39, 0.29) is 40.7 Å². The maximum atomic E-state index is 12.7. The molecule has 7 nitrogen and oxygen atoms in total. The van der Waals surface area contributed by atoms with Gasteiger partial charge in [-0.1, -0.05) is 27.7 Å². The number of H-pyrrole nitrogens is 1. The highest BCUT2D eigenvalue weighted by atomic mass is 16.5. The summed E-state index contributed by atoms with van der Waals surface area (Å²) in [4.78, 5) is 32.6. The van der Waals surface area contributed by atoms with Crippen LogP contribution in [0.2, 0.25) is 0 Å². The van der Waals surface area contributed by atoms with E-state index in [0.29, 0.717) is 23.9 Å². The van der Waals surface area contributed by atoms with Crippen molar-refractivity contribution in [2.75, 3.05) is 13.2 Å². The van der Waals surface area contributed by atoms with E-state index in [1.54, 1.807) is 6.33 Å². The lowest BCUT2D eigenvalue weighted by Gasteiger charge is -2.53. The zero-order valence-electron chi connectivity index (χ0n) is 20.1. The number of carbonyl (C=O) groups is 2. The Hall–Kier alpha value is -2.41. The molecule has 3 fully saturated rings. The second kappa shape index (κ2) is 8.12. The molecule has 1 aromatic carbocycles. The molecular formula is C26H36N4O3. The van der Waals surface area contributed by atoms with Gasteiger partial charge in [0, 0.05) is 30.7 Å². The number of aromatic nitrogens is 2. The number of carbonyl (C=O) groups excluding carboxylic acids is 2. The second-order valence-electron chi connectivity index (χ2n) is 11.2. The first-order chi connectivity index (χ1) is 15.7. The largest absolute Gasteiger partial charge is 0.378 e. The van der Waals surface area contributed by atoms with Crippen molar-refractivity contribution in [3.63, 3.8) is 0 Å². The molecule has 1 unspecified atom stereocenters. The van der Waals surface area contributed by atoms with Crippen LogP contribution in [-0.4, -0.2) is 47.1 Å². The first-order valence-corrected chi connectivity index (χ1v) is 12.4.